The molecule has 0 bridgehead atoms. The average Bonchev–Trinajstić information content (AvgIpc) is 3.68. The molecule has 15 heteroatoms. The number of methoxy groups -OCH3 is 1. The second-order valence-corrected chi connectivity index (χ2v) is 12.8. The first-order valence-electron chi connectivity index (χ1n) is 14.7. The van der Waals surface area contributed by atoms with Crippen molar-refractivity contribution in [1.29, 1.82) is 0 Å². The Morgan fingerprint density at radius 1 is 1.27 bits per heavy atom. The van der Waals surface area contributed by atoms with E-state index in [1.165, 1.54) is 11.6 Å². The topological polar surface area (TPSA) is 186 Å². The first-order chi connectivity index (χ1) is 21.5. The molecule has 3 heterocycles. The molecule has 0 spiro atoms. The Hall–Kier alpha value is -4.05. The number of nitrogen functional groups attached to an aromatic ring is 1. The van der Waals surface area contributed by atoms with Crippen molar-refractivity contribution >= 4 is 44.2 Å². The van der Waals surface area contributed by atoms with Crippen LogP contribution in [-0.2, 0) is 24.0 Å². The third-order valence-electron chi connectivity index (χ3n) is 7.64. The Bertz CT molecular complexity index is 1580. The number of hydrazine groups is 1. The predicted octanol–water partition coefficient (Wildman–Crippen LogP) is 3.59. The molecular formula is C30H44N8O6S. The van der Waals surface area contributed by atoms with Gasteiger partial charge in [-0.25, -0.2) is 14.6 Å². The molecule has 2 aromatic heterocycles. The van der Waals surface area contributed by atoms with E-state index in [4.69, 9.17) is 30.3 Å². The first kappa shape index (κ1) is 35.4. The number of carbonyl (C=O) groups is 1. The van der Waals surface area contributed by atoms with Gasteiger partial charge in [0.05, 0.1) is 30.8 Å². The van der Waals surface area contributed by atoms with Gasteiger partial charge < -0.3 is 20.4 Å². The van der Waals surface area contributed by atoms with Crippen molar-refractivity contribution in [2.45, 2.75) is 58.0 Å². The molecule has 14 nitrogen and oxygen atoms in total. The van der Waals surface area contributed by atoms with Crippen LogP contribution in [0.4, 0.5) is 11.5 Å². The van der Waals surface area contributed by atoms with Crippen LogP contribution in [0.5, 0.6) is 0 Å². The average molecular weight is 645 g/mol. The highest BCUT2D eigenvalue weighted by molar-refractivity contribution is 7.98. The van der Waals surface area contributed by atoms with Crippen LogP contribution in [-0.4, -0.2) is 74.5 Å². The fourth-order valence-corrected chi connectivity index (χ4v) is 6.06. The summed E-state index contributed by atoms with van der Waals surface area (Å²) in [5.41, 5.74) is 14.4. The minimum Gasteiger partial charge on any atom is -0.383 e. The van der Waals surface area contributed by atoms with Crippen molar-refractivity contribution in [3.05, 3.63) is 64.5 Å². The second kappa shape index (κ2) is 15.8. The van der Waals surface area contributed by atoms with Gasteiger partial charge in [0.2, 0.25) is 0 Å². The third kappa shape index (κ3) is 8.36. The number of rotatable bonds is 9. The van der Waals surface area contributed by atoms with E-state index >= 15 is 0 Å². The van der Waals surface area contributed by atoms with Crippen LogP contribution in [0.25, 0.3) is 11.2 Å². The first-order valence-corrected chi connectivity index (χ1v) is 16.8. The Kier molecular flexibility index (Phi) is 12.4. The standard InChI is InChI=1S/C28H37N7O4S.C2H6.HNO2/c1-19-24(20-10-12-28(13-11-20,39-15-14-38-2)27(36)33-40(3,4)37)32-26-23(17-31-35(26)25(19)29)21-16-30-34(18-21)22-8-6-5-7-9-22;1-2;2-1-3/h5-9,17-18,20,30H,3,10-16,29H2,1-2,4H3,(H,33,36,37);1-2H3;(H,2,3). The molecule has 1 aliphatic carbocycles. The number of fused-ring (bicyclic) bond motifs is 1. The number of hydrogen-bond acceptors (Lipinski definition) is 11. The van der Waals surface area contributed by atoms with E-state index in [0.717, 1.165) is 28.1 Å². The van der Waals surface area contributed by atoms with Crippen molar-refractivity contribution in [3.63, 3.8) is 0 Å². The van der Waals surface area contributed by atoms with E-state index in [1.807, 2.05) is 62.3 Å². The lowest BCUT2D eigenvalue weighted by molar-refractivity contribution is -0.152. The number of anilines is 2. The SMILES string of the molecule is C=S(C)(=O)NC(=O)C1(OCCOC)CCC(c2nc3c(C4=CN(c5ccccc5)NC4)cnn3c(N)c2C)CC1.CC.O=NO. The number of benzene rings is 1. The zero-order valence-corrected chi connectivity index (χ0v) is 27.3. The fraction of sp³-hybridized carbons (Fsp3) is 0.467. The summed E-state index contributed by atoms with van der Waals surface area (Å²) in [6, 6.07) is 10.1. The highest BCUT2D eigenvalue weighted by Crippen LogP contribution is 2.42. The van der Waals surface area contributed by atoms with Crippen molar-refractivity contribution in [2.24, 2.45) is 5.34 Å². The van der Waals surface area contributed by atoms with Gasteiger partial charge in [0.25, 0.3) is 5.91 Å². The van der Waals surface area contributed by atoms with Crippen LogP contribution in [0.1, 0.15) is 62.3 Å². The van der Waals surface area contributed by atoms with Gasteiger partial charge in [-0.1, -0.05) is 32.0 Å². The van der Waals surface area contributed by atoms with E-state index < -0.39 is 21.2 Å². The fourth-order valence-electron chi connectivity index (χ4n) is 5.48. The van der Waals surface area contributed by atoms with E-state index in [-0.39, 0.29) is 12.5 Å². The van der Waals surface area contributed by atoms with Gasteiger partial charge in [0.1, 0.15) is 11.4 Å². The van der Waals surface area contributed by atoms with Gasteiger partial charge in [0, 0.05) is 52.9 Å². The predicted molar refractivity (Wildman–Crippen MR) is 177 cm³/mol. The molecule has 1 amide bonds. The number of hydrogen-bond donors (Lipinski definition) is 4. The van der Waals surface area contributed by atoms with Crippen LogP contribution in [0.2, 0.25) is 0 Å². The molecule has 2 aliphatic rings. The van der Waals surface area contributed by atoms with Crippen molar-refractivity contribution in [1.82, 2.24) is 24.7 Å². The molecule has 5 N–H and O–H groups in total. The molecule has 0 radical (unpaired) electrons. The lowest BCUT2D eigenvalue weighted by Gasteiger charge is -2.39. The van der Waals surface area contributed by atoms with Crippen LogP contribution >= 0.6 is 0 Å². The maximum Gasteiger partial charge on any atom is 0.263 e. The minimum absolute atomic E-state index is 0.0734. The number of aromatic nitrogens is 3. The molecule has 1 unspecified atom stereocenters. The summed E-state index contributed by atoms with van der Waals surface area (Å²) >= 11 is 0. The summed E-state index contributed by atoms with van der Waals surface area (Å²) in [6.07, 6.45) is 7.48. The van der Waals surface area contributed by atoms with E-state index in [9.17, 15) is 9.00 Å². The summed E-state index contributed by atoms with van der Waals surface area (Å²) in [4.78, 5) is 26.4. The van der Waals surface area contributed by atoms with E-state index in [0.29, 0.717) is 50.3 Å². The molecule has 1 fully saturated rings. The van der Waals surface area contributed by atoms with Gasteiger partial charge >= 0.3 is 0 Å². The Labute approximate surface area is 264 Å². The van der Waals surface area contributed by atoms with Gasteiger partial charge in [0.15, 0.2) is 11.0 Å². The zero-order valence-electron chi connectivity index (χ0n) is 26.5. The Morgan fingerprint density at radius 2 is 1.91 bits per heavy atom. The minimum atomic E-state index is -2.74. The Morgan fingerprint density at radius 3 is 2.51 bits per heavy atom. The number of amides is 1. The van der Waals surface area contributed by atoms with Crippen molar-refractivity contribution in [3.8, 4) is 0 Å². The van der Waals surface area contributed by atoms with Crippen LogP contribution in [0.3, 0.4) is 0 Å². The third-order valence-corrected chi connectivity index (χ3v) is 8.26. The number of carbonyl (C=O) groups excluding carboxylic acids is 1. The monoisotopic (exact) mass is 644 g/mol. The number of nitrogens with one attached hydrogen (secondary N) is 2. The molecule has 246 valence electrons. The van der Waals surface area contributed by atoms with Crippen molar-refractivity contribution < 1.29 is 23.7 Å². The summed E-state index contributed by atoms with van der Waals surface area (Å²) in [5, 5.41) is 14.4. The molecule has 1 atom stereocenters. The molecule has 45 heavy (non-hydrogen) atoms. The Balaban J connectivity index is 0.00000104. The second-order valence-electron chi connectivity index (χ2n) is 10.6. The summed E-state index contributed by atoms with van der Waals surface area (Å²) in [7, 11) is -1.15. The number of para-hydroxylation sites is 1. The molecule has 0 saturated heterocycles. The number of nitrogens with two attached hydrogens (primary N) is 1. The van der Waals surface area contributed by atoms with E-state index in [1.54, 1.807) is 11.6 Å². The molecule has 5 rings (SSSR count). The van der Waals surface area contributed by atoms with Crippen LogP contribution in [0, 0.1) is 11.8 Å². The highest BCUT2D eigenvalue weighted by Gasteiger charge is 2.44. The molecule has 1 aliphatic heterocycles. The summed E-state index contributed by atoms with van der Waals surface area (Å²) in [6.45, 7) is 7.21. The number of nitrogens with zero attached hydrogens (tertiary/aromatic N) is 5. The largest absolute Gasteiger partial charge is 0.383 e. The van der Waals surface area contributed by atoms with Gasteiger partial charge in [-0.05, 0) is 56.2 Å². The zero-order chi connectivity index (χ0) is 33.2. The molecular weight excluding hydrogens is 600 g/mol. The summed E-state index contributed by atoms with van der Waals surface area (Å²) in [5.74, 6) is 3.80. The van der Waals surface area contributed by atoms with Crippen LogP contribution < -0.4 is 20.9 Å². The maximum atomic E-state index is 13.2. The highest BCUT2D eigenvalue weighted by atomic mass is 32.2. The quantitative estimate of drug-likeness (QED) is 0.115. The molecule has 1 saturated carbocycles. The normalized spacial score (nSPS) is 20.6. The van der Waals surface area contributed by atoms with E-state index in [2.05, 4.69) is 27.3 Å². The number of ether oxygens (including phenoxy) is 2. The molecule has 1 aromatic carbocycles. The molecule has 3 aromatic rings. The maximum absolute atomic E-state index is 13.2. The lowest BCUT2D eigenvalue weighted by Crippen LogP contribution is -2.52. The van der Waals surface area contributed by atoms with Gasteiger partial charge in [-0.15, -0.1) is 4.91 Å². The lowest BCUT2D eigenvalue weighted by atomic mass is 9.76. The summed E-state index contributed by atoms with van der Waals surface area (Å²) < 4.78 is 27.7. The van der Waals surface area contributed by atoms with Crippen molar-refractivity contribution in [2.75, 3.05) is 43.9 Å². The van der Waals surface area contributed by atoms with Gasteiger partial charge in [-0.2, -0.15) is 9.61 Å². The smallest absolute Gasteiger partial charge is 0.263 e. The van der Waals surface area contributed by atoms with Crippen LogP contribution in [0.15, 0.2) is 48.1 Å². The van der Waals surface area contributed by atoms with Gasteiger partial charge in [-0.3, -0.25) is 14.5 Å².